The van der Waals surface area contributed by atoms with Crippen molar-refractivity contribution in [2.24, 2.45) is 0 Å². The van der Waals surface area contributed by atoms with E-state index in [4.69, 9.17) is 4.42 Å². The van der Waals surface area contributed by atoms with Crippen LogP contribution in [0.2, 0.25) is 0 Å². The van der Waals surface area contributed by atoms with Crippen molar-refractivity contribution in [3.8, 4) is 0 Å². The number of nitrogens with zero attached hydrogens (tertiary/aromatic N) is 1. The molecule has 0 aromatic carbocycles. The van der Waals surface area contributed by atoms with E-state index < -0.39 is 12.0 Å². The average molecular weight is 265 g/mol. The van der Waals surface area contributed by atoms with Crippen LogP contribution in [0.5, 0.6) is 0 Å². The lowest BCUT2D eigenvalue weighted by atomic mass is 10.1. The Morgan fingerprint density at radius 2 is 2.21 bits per heavy atom. The summed E-state index contributed by atoms with van der Waals surface area (Å²) in [5.74, 6) is -0.228. The molecule has 1 aliphatic rings. The van der Waals surface area contributed by atoms with Gasteiger partial charge in [-0.1, -0.05) is 12.8 Å². The van der Waals surface area contributed by atoms with Gasteiger partial charge in [0.1, 0.15) is 11.8 Å². The fourth-order valence-electron chi connectivity index (χ4n) is 2.49. The molecule has 1 aromatic rings. The average Bonchev–Trinajstić information content (AvgIpc) is 2.77. The molecule has 1 N–H and O–H groups in total. The predicted octanol–water partition coefficient (Wildman–Crippen LogP) is 2.07. The van der Waals surface area contributed by atoms with Crippen molar-refractivity contribution in [2.45, 2.75) is 44.6 Å². The Hall–Kier alpha value is -1.78. The van der Waals surface area contributed by atoms with E-state index in [1.165, 1.54) is 4.90 Å². The highest BCUT2D eigenvalue weighted by molar-refractivity contribution is 5.83. The molecule has 1 unspecified atom stereocenters. The van der Waals surface area contributed by atoms with Gasteiger partial charge in [0.15, 0.2) is 0 Å². The number of hydrogen-bond acceptors (Lipinski definition) is 3. The second-order valence-electron chi connectivity index (χ2n) is 4.87. The van der Waals surface area contributed by atoms with Crippen LogP contribution in [-0.2, 0) is 16.0 Å². The second-order valence-corrected chi connectivity index (χ2v) is 4.87. The lowest BCUT2D eigenvalue weighted by Crippen LogP contribution is -2.44. The maximum Gasteiger partial charge on any atom is 0.326 e. The molecule has 1 amide bonds. The molecule has 5 heteroatoms. The van der Waals surface area contributed by atoms with E-state index in [2.05, 4.69) is 0 Å². The number of carboxylic acids is 1. The van der Waals surface area contributed by atoms with E-state index in [1.807, 2.05) is 6.07 Å². The van der Waals surface area contributed by atoms with Crippen molar-refractivity contribution >= 4 is 11.9 Å². The minimum absolute atomic E-state index is 0.0919. The van der Waals surface area contributed by atoms with Crippen LogP contribution in [0.1, 0.15) is 37.9 Å². The number of aryl methyl sites for hydroxylation is 1. The number of hydrogen-bond donors (Lipinski definition) is 1. The van der Waals surface area contributed by atoms with Crippen molar-refractivity contribution in [1.82, 2.24) is 4.90 Å². The molecule has 19 heavy (non-hydrogen) atoms. The zero-order valence-corrected chi connectivity index (χ0v) is 10.9. The molecular formula is C14H19NO4. The summed E-state index contributed by atoms with van der Waals surface area (Å²) in [4.78, 5) is 25.0. The topological polar surface area (TPSA) is 70.8 Å². The summed E-state index contributed by atoms with van der Waals surface area (Å²) in [6, 6.07) is 2.95. The van der Waals surface area contributed by atoms with Gasteiger partial charge in [-0.15, -0.1) is 0 Å². The Labute approximate surface area is 112 Å². The van der Waals surface area contributed by atoms with Crippen LogP contribution in [0.25, 0.3) is 0 Å². The smallest absolute Gasteiger partial charge is 0.326 e. The molecule has 0 radical (unpaired) electrons. The van der Waals surface area contributed by atoms with Gasteiger partial charge >= 0.3 is 5.97 Å². The van der Waals surface area contributed by atoms with Crippen molar-refractivity contribution in [3.63, 3.8) is 0 Å². The van der Waals surface area contributed by atoms with Gasteiger partial charge in [0, 0.05) is 19.4 Å². The number of amides is 1. The lowest BCUT2D eigenvalue weighted by molar-refractivity contribution is -0.150. The Morgan fingerprint density at radius 3 is 2.89 bits per heavy atom. The fourth-order valence-corrected chi connectivity index (χ4v) is 2.49. The standard InChI is InChI=1S/C14H19NO4/c16-13(8-7-11-5-4-10-19-11)15-9-3-1-2-6-12(15)14(17)18/h4-5,10,12H,1-3,6-9H2,(H,17,18). The van der Waals surface area contributed by atoms with Gasteiger partial charge in [0.05, 0.1) is 6.26 Å². The highest BCUT2D eigenvalue weighted by Crippen LogP contribution is 2.18. The first-order valence-corrected chi connectivity index (χ1v) is 6.73. The van der Waals surface area contributed by atoms with E-state index in [9.17, 15) is 14.7 Å². The molecule has 1 aromatic heterocycles. The van der Waals surface area contributed by atoms with Gasteiger partial charge in [-0.3, -0.25) is 4.79 Å². The van der Waals surface area contributed by atoms with Crippen LogP contribution in [0.15, 0.2) is 22.8 Å². The van der Waals surface area contributed by atoms with Crippen molar-refractivity contribution < 1.29 is 19.1 Å². The first-order chi connectivity index (χ1) is 9.18. The second kappa shape index (κ2) is 6.41. The SMILES string of the molecule is O=C(O)C1CCCCCN1C(=O)CCc1ccco1. The number of furan rings is 1. The van der Waals surface area contributed by atoms with Gasteiger partial charge in [-0.05, 0) is 25.0 Å². The van der Waals surface area contributed by atoms with Crippen molar-refractivity contribution in [3.05, 3.63) is 24.2 Å². The number of aliphatic carboxylic acids is 1. The third kappa shape index (κ3) is 3.59. The zero-order chi connectivity index (χ0) is 13.7. The largest absolute Gasteiger partial charge is 0.480 e. The first kappa shape index (κ1) is 13.6. The molecule has 0 aliphatic carbocycles. The first-order valence-electron chi connectivity index (χ1n) is 6.73. The molecule has 5 nitrogen and oxygen atoms in total. The summed E-state index contributed by atoms with van der Waals surface area (Å²) in [6.45, 7) is 0.550. The minimum atomic E-state index is -0.895. The molecule has 1 aliphatic heterocycles. The summed E-state index contributed by atoms with van der Waals surface area (Å²) in [5, 5.41) is 9.22. The van der Waals surface area contributed by atoms with E-state index in [1.54, 1.807) is 12.3 Å². The maximum absolute atomic E-state index is 12.2. The van der Waals surface area contributed by atoms with Gasteiger partial charge in [0.2, 0.25) is 5.91 Å². The van der Waals surface area contributed by atoms with E-state index in [0.717, 1.165) is 25.0 Å². The van der Waals surface area contributed by atoms with E-state index in [0.29, 0.717) is 25.8 Å². The van der Waals surface area contributed by atoms with Crippen LogP contribution in [0.3, 0.4) is 0 Å². The number of carbonyl (C=O) groups is 2. The minimum Gasteiger partial charge on any atom is -0.480 e. The lowest BCUT2D eigenvalue weighted by Gasteiger charge is -2.26. The molecule has 2 rings (SSSR count). The molecule has 1 saturated heterocycles. The van der Waals surface area contributed by atoms with Gasteiger partial charge < -0.3 is 14.4 Å². The molecular weight excluding hydrogens is 246 g/mol. The zero-order valence-electron chi connectivity index (χ0n) is 10.9. The molecule has 0 saturated carbocycles. The van der Waals surface area contributed by atoms with Gasteiger partial charge in [0.25, 0.3) is 0 Å². The monoisotopic (exact) mass is 265 g/mol. The van der Waals surface area contributed by atoms with Crippen LogP contribution in [-0.4, -0.2) is 34.5 Å². The van der Waals surface area contributed by atoms with E-state index >= 15 is 0 Å². The van der Waals surface area contributed by atoms with Crippen LogP contribution in [0.4, 0.5) is 0 Å². The fraction of sp³-hybridized carbons (Fsp3) is 0.571. The molecule has 2 heterocycles. The van der Waals surface area contributed by atoms with Crippen molar-refractivity contribution in [1.29, 1.82) is 0 Å². The Morgan fingerprint density at radius 1 is 1.37 bits per heavy atom. The molecule has 1 fully saturated rings. The van der Waals surface area contributed by atoms with Gasteiger partial charge in [-0.2, -0.15) is 0 Å². The van der Waals surface area contributed by atoms with Crippen LogP contribution >= 0.6 is 0 Å². The summed E-state index contributed by atoms with van der Waals surface area (Å²) >= 11 is 0. The normalized spacial score (nSPS) is 20.0. The number of carboxylic acid groups (broad SMARTS) is 1. The van der Waals surface area contributed by atoms with E-state index in [-0.39, 0.29) is 5.91 Å². The molecule has 0 bridgehead atoms. The number of carbonyl (C=O) groups excluding carboxylic acids is 1. The number of likely N-dealkylation sites (tertiary alicyclic amines) is 1. The summed E-state index contributed by atoms with van der Waals surface area (Å²) in [5.41, 5.74) is 0. The number of rotatable bonds is 4. The Balaban J connectivity index is 1.96. The maximum atomic E-state index is 12.2. The third-order valence-corrected chi connectivity index (χ3v) is 3.52. The molecule has 1 atom stereocenters. The Bertz CT molecular complexity index is 427. The summed E-state index contributed by atoms with van der Waals surface area (Å²) in [6.07, 6.45) is 5.71. The predicted molar refractivity (Wildman–Crippen MR) is 68.6 cm³/mol. The van der Waals surface area contributed by atoms with Gasteiger partial charge in [-0.25, -0.2) is 4.79 Å². The Kier molecular flexibility index (Phi) is 4.60. The third-order valence-electron chi connectivity index (χ3n) is 3.52. The summed E-state index contributed by atoms with van der Waals surface area (Å²) in [7, 11) is 0. The highest BCUT2D eigenvalue weighted by Gasteiger charge is 2.30. The molecule has 104 valence electrons. The molecule has 0 spiro atoms. The van der Waals surface area contributed by atoms with Crippen molar-refractivity contribution in [2.75, 3.05) is 6.54 Å². The quantitative estimate of drug-likeness (QED) is 0.904. The highest BCUT2D eigenvalue weighted by atomic mass is 16.4. The van der Waals surface area contributed by atoms with Crippen LogP contribution in [0, 0.1) is 0 Å². The van der Waals surface area contributed by atoms with Crippen LogP contribution < -0.4 is 0 Å². The summed E-state index contributed by atoms with van der Waals surface area (Å²) < 4.78 is 5.18.